The van der Waals surface area contributed by atoms with Crippen LogP contribution in [0.5, 0.6) is 0 Å². The van der Waals surface area contributed by atoms with Gasteiger partial charge in [-0.25, -0.2) is 4.98 Å². The van der Waals surface area contributed by atoms with Gasteiger partial charge < -0.3 is 14.3 Å². The molecular formula is C23H17N3O3S. The number of amides is 1. The predicted molar refractivity (Wildman–Crippen MR) is 115 cm³/mol. The summed E-state index contributed by atoms with van der Waals surface area (Å²) >= 11 is 1.61. The number of thiophene rings is 1. The topological polar surface area (TPSA) is 81.2 Å². The Morgan fingerprint density at radius 2 is 2.00 bits per heavy atom. The van der Waals surface area contributed by atoms with Gasteiger partial charge in [-0.2, -0.15) is 0 Å². The van der Waals surface area contributed by atoms with Crippen LogP contribution in [-0.2, 0) is 6.54 Å². The molecule has 3 heterocycles. The Labute approximate surface area is 176 Å². The molecule has 0 spiro atoms. The number of nitrogens with zero attached hydrogens (tertiary/aromatic N) is 2. The number of hydrogen-bond acceptors (Lipinski definition) is 6. The zero-order valence-electron chi connectivity index (χ0n) is 16.1. The standard InChI is InChI=1S/C23H17N3O3S/c1-14-4-6-15(7-5-14)23-25-19(13-28-23)21-18-11-16(8-9-20(18)29-26-21)22(27)24-12-17-3-2-10-30-17/h2-11,13H,12H2,1H3,(H,24,27). The molecule has 0 unspecified atom stereocenters. The smallest absolute Gasteiger partial charge is 0.251 e. The van der Waals surface area contributed by atoms with Crippen LogP contribution in [0.2, 0.25) is 0 Å². The van der Waals surface area contributed by atoms with Crippen molar-refractivity contribution in [3.05, 3.63) is 82.2 Å². The molecule has 0 bridgehead atoms. The molecule has 2 aromatic carbocycles. The number of aryl methyl sites for hydroxylation is 1. The quantitative estimate of drug-likeness (QED) is 0.413. The fraction of sp³-hybridized carbons (Fsp3) is 0.0870. The second-order valence-electron chi connectivity index (χ2n) is 6.91. The van der Waals surface area contributed by atoms with Gasteiger partial charge in [-0.1, -0.05) is 28.9 Å². The molecule has 0 aliphatic heterocycles. The minimum Gasteiger partial charge on any atom is -0.444 e. The van der Waals surface area contributed by atoms with Crippen LogP contribution in [0.15, 0.2) is 75.2 Å². The van der Waals surface area contributed by atoms with Gasteiger partial charge in [-0.05, 0) is 48.7 Å². The molecule has 1 N–H and O–H groups in total. The lowest BCUT2D eigenvalue weighted by molar-refractivity contribution is 0.0951. The van der Waals surface area contributed by atoms with Crippen LogP contribution in [0.1, 0.15) is 20.8 Å². The average Bonchev–Trinajstić information content (AvgIpc) is 3.52. The average molecular weight is 415 g/mol. The second-order valence-corrected chi connectivity index (χ2v) is 7.94. The highest BCUT2D eigenvalue weighted by atomic mass is 32.1. The lowest BCUT2D eigenvalue weighted by atomic mass is 10.1. The highest BCUT2D eigenvalue weighted by Crippen LogP contribution is 2.30. The van der Waals surface area contributed by atoms with E-state index in [9.17, 15) is 4.79 Å². The third-order valence-electron chi connectivity index (χ3n) is 4.78. The first-order valence-corrected chi connectivity index (χ1v) is 10.3. The van der Waals surface area contributed by atoms with E-state index in [2.05, 4.69) is 15.5 Å². The minimum atomic E-state index is -0.155. The summed E-state index contributed by atoms with van der Waals surface area (Å²) < 4.78 is 11.1. The minimum absolute atomic E-state index is 0.155. The van der Waals surface area contributed by atoms with Crippen molar-refractivity contribution < 1.29 is 13.7 Å². The Hall–Kier alpha value is -3.71. The van der Waals surface area contributed by atoms with Crippen molar-refractivity contribution >= 4 is 28.2 Å². The summed E-state index contributed by atoms with van der Waals surface area (Å²) in [6, 6.07) is 17.1. The summed E-state index contributed by atoms with van der Waals surface area (Å²) in [6.07, 6.45) is 1.55. The van der Waals surface area contributed by atoms with Gasteiger partial charge >= 0.3 is 0 Å². The number of nitrogens with one attached hydrogen (secondary N) is 1. The molecule has 0 saturated heterocycles. The van der Waals surface area contributed by atoms with Crippen LogP contribution >= 0.6 is 11.3 Å². The molecule has 148 valence electrons. The number of fused-ring (bicyclic) bond motifs is 1. The largest absolute Gasteiger partial charge is 0.444 e. The van der Waals surface area contributed by atoms with Gasteiger partial charge in [0.15, 0.2) is 5.58 Å². The van der Waals surface area contributed by atoms with E-state index in [0.717, 1.165) is 16.0 Å². The van der Waals surface area contributed by atoms with Crippen LogP contribution in [-0.4, -0.2) is 16.0 Å². The monoisotopic (exact) mass is 415 g/mol. The van der Waals surface area contributed by atoms with Crippen LogP contribution in [0.3, 0.4) is 0 Å². The summed E-state index contributed by atoms with van der Waals surface area (Å²) in [5, 5.41) is 9.78. The van der Waals surface area contributed by atoms with Gasteiger partial charge in [0.25, 0.3) is 5.91 Å². The first-order chi connectivity index (χ1) is 14.7. The van der Waals surface area contributed by atoms with Gasteiger partial charge in [0.2, 0.25) is 5.89 Å². The van der Waals surface area contributed by atoms with Crippen LogP contribution in [0, 0.1) is 6.92 Å². The first-order valence-electron chi connectivity index (χ1n) is 9.40. The summed E-state index contributed by atoms with van der Waals surface area (Å²) in [6.45, 7) is 2.52. The molecule has 5 aromatic rings. The number of carbonyl (C=O) groups excluding carboxylic acids is 1. The van der Waals surface area contributed by atoms with E-state index in [-0.39, 0.29) is 5.91 Å². The van der Waals surface area contributed by atoms with Crippen LogP contribution in [0.25, 0.3) is 33.8 Å². The fourth-order valence-electron chi connectivity index (χ4n) is 3.16. The predicted octanol–water partition coefficient (Wildman–Crippen LogP) is 5.45. The van der Waals surface area contributed by atoms with Gasteiger partial charge in [-0.15, -0.1) is 11.3 Å². The Bertz CT molecular complexity index is 1320. The third-order valence-corrected chi connectivity index (χ3v) is 5.66. The molecule has 0 atom stereocenters. The summed E-state index contributed by atoms with van der Waals surface area (Å²) in [7, 11) is 0. The summed E-state index contributed by atoms with van der Waals surface area (Å²) in [5.41, 5.74) is 4.26. The molecule has 0 radical (unpaired) electrons. The molecule has 6 nitrogen and oxygen atoms in total. The van der Waals surface area contributed by atoms with Gasteiger partial charge in [-0.3, -0.25) is 4.79 Å². The number of aromatic nitrogens is 2. The number of rotatable bonds is 5. The lowest BCUT2D eigenvalue weighted by Crippen LogP contribution is -2.22. The number of oxazole rings is 1. The second kappa shape index (κ2) is 7.61. The van der Waals surface area contributed by atoms with E-state index < -0.39 is 0 Å². The zero-order valence-corrected chi connectivity index (χ0v) is 16.9. The molecule has 0 aliphatic rings. The number of hydrogen-bond donors (Lipinski definition) is 1. The molecule has 30 heavy (non-hydrogen) atoms. The molecule has 5 rings (SSSR count). The molecule has 0 saturated carbocycles. The third kappa shape index (κ3) is 3.51. The summed E-state index contributed by atoms with van der Waals surface area (Å²) in [4.78, 5) is 18.2. The van der Waals surface area contributed by atoms with E-state index in [0.29, 0.717) is 40.4 Å². The van der Waals surface area contributed by atoms with E-state index in [1.807, 2.05) is 48.7 Å². The Kier molecular flexibility index (Phi) is 4.65. The van der Waals surface area contributed by atoms with Crippen LogP contribution < -0.4 is 5.32 Å². The van der Waals surface area contributed by atoms with Crippen LogP contribution in [0.4, 0.5) is 0 Å². The Balaban J connectivity index is 1.43. The maximum Gasteiger partial charge on any atom is 0.251 e. The maximum absolute atomic E-state index is 12.6. The Morgan fingerprint density at radius 3 is 2.80 bits per heavy atom. The van der Waals surface area contributed by atoms with E-state index in [4.69, 9.17) is 8.94 Å². The lowest BCUT2D eigenvalue weighted by Gasteiger charge is -2.03. The normalized spacial score (nSPS) is 11.1. The number of benzene rings is 2. The van der Waals surface area contributed by atoms with Crippen molar-refractivity contribution in [2.75, 3.05) is 0 Å². The van der Waals surface area contributed by atoms with E-state index in [1.54, 1.807) is 35.8 Å². The Morgan fingerprint density at radius 1 is 1.13 bits per heavy atom. The maximum atomic E-state index is 12.6. The molecule has 0 aliphatic carbocycles. The molecule has 7 heteroatoms. The van der Waals surface area contributed by atoms with E-state index in [1.165, 1.54) is 0 Å². The highest BCUT2D eigenvalue weighted by molar-refractivity contribution is 7.09. The zero-order chi connectivity index (χ0) is 20.5. The summed E-state index contributed by atoms with van der Waals surface area (Å²) in [5.74, 6) is 0.351. The van der Waals surface area contributed by atoms with Gasteiger partial charge in [0.05, 0.1) is 11.9 Å². The number of carbonyl (C=O) groups is 1. The molecule has 1 amide bonds. The van der Waals surface area contributed by atoms with Crippen molar-refractivity contribution in [1.29, 1.82) is 0 Å². The first kappa shape index (κ1) is 18.3. The molecule has 3 aromatic heterocycles. The van der Waals surface area contributed by atoms with Crippen molar-refractivity contribution in [1.82, 2.24) is 15.5 Å². The van der Waals surface area contributed by atoms with Crippen molar-refractivity contribution in [2.45, 2.75) is 13.5 Å². The van der Waals surface area contributed by atoms with Crippen molar-refractivity contribution in [3.8, 4) is 22.8 Å². The SMILES string of the molecule is Cc1ccc(-c2nc(-c3noc4ccc(C(=O)NCc5cccs5)cc34)co2)cc1. The van der Waals surface area contributed by atoms with Gasteiger partial charge in [0.1, 0.15) is 17.7 Å². The highest BCUT2D eigenvalue weighted by Gasteiger charge is 2.17. The molecular weight excluding hydrogens is 398 g/mol. The van der Waals surface area contributed by atoms with Gasteiger partial charge in [0, 0.05) is 16.0 Å². The van der Waals surface area contributed by atoms with Crippen molar-refractivity contribution in [3.63, 3.8) is 0 Å². The van der Waals surface area contributed by atoms with E-state index >= 15 is 0 Å². The molecule has 0 fully saturated rings. The fourth-order valence-corrected chi connectivity index (χ4v) is 3.80. The van der Waals surface area contributed by atoms with Crippen molar-refractivity contribution in [2.24, 2.45) is 0 Å².